The van der Waals surface area contributed by atoms with Crippen molar-refractivity contribution in [3.8, 4) is 17.1 Å². The van der Waals surface area contributed by atoms with Gasteiger partial charge in [0.2, 0.25) is 5.88 Å². The minimum Gasteiger partial charge on any atom is -0.473 e. The van der Waals surface area contributed by atoms with Crippen molar-refractivity contribution in [2.45, 2.75) is 51.4 Å². The fraction of sp³-hybridized carbons (Fsp3) is 0.474. The van der Waals surface area contributed by atoms with Crippen LogP contribution in [0.1, 0.15) is 33.6 Å². The molecule has 3 heterocycles. The quantitative estimate of drug-likeness (QED) is 0.743. The molecular formula is C19H24N6O3. The van der Waals surface area contributed by atoms with Crippen LogP contribution < -0.4 is 10.1 Å². The second-order valence-corrected chi connectivity index (χ2v) is 8.05. The molecule has 1 saturated carbocycles. The summed E-state index contributed by atoms with van der Waals surface area (Å²) in [6.07, 6.45) is 8.21. The summed E-state index contributed by atoms with van der Waals surface area (Å²) in [7, 11) is 1.86. The van der Waals surface area contributed by atoms with Gasteiger partial charge in [-0.2, -0.15) is 10.2 Å². The number of nitrogens with one attached hydrogen (secondary N) is 1. The molecule has 1 amide bonds. The number of fused-ring (bicyclic) bond motifs is 1. The summed E-state index contributed by atoms with van der Waals surface area (Å²) in [4.78, 5) is 16.5. The third-order valence-electron chi connectivity index (χ3n) is 4.45. The van der Waals surface area contributed by atoms with E-state index in [2.05, 4.69) is 20.5 Å². The third-order valence-corrected chi connectivity index (χ3v) is 4.45. The predicted molar refractivity (Wildman–Crippen MR) is 102 cm³/mol. The van der Waals surface area contributed by atoms with Crippen LogP contribution in [0.25, 0.3) is 16.8 Å². The first kappa shape index (κ1) is 18.3. The normalized spacial score (nSPS) is 19.3. The van der Waals surface area contributed by atoms with Crippen molar-refractivity contribution in [1.29, 1.82) is 0 Å². The number of nitrogens with zero attached hydrogens (tertiary/aromatic N) is 5. The molecule has 1 aliphatic rings. The van der Waals surface area contributed by atoms with Crippen LogP contribution in [0.5, 0.6) is 5.88 Å². The molecule has 3 aromatic rings. The second-order valence-electron chi connectivity index (χ2n) is 8.05. The van der Waals surface area contributed by atoms with Gasteiger partial charge >= 0.3 is 6.09 Å². The maximum absolute atomic E-state index is 11.9. The largest absolute Gasteiger partial charge is 0.473 e. The molecule has 9 nitrogen and oxygen atoms in total. The monoisotopic (exact) mass is 384 g/mol. The highest BCUT2D eigenvalue weighted by Gasteiger charge is 2.34. The van der Waals surface area contributed by atoms with E-state index in [1.807, 2.05) is 46.3 Å². The van der Waals surface area contributed by atoms with E-state index in [1.54, 1.807) is 21.6 Å². The summed E-state index contributed by atoms with van der Waals surface area (Å²) < 4.78 is 14.9. The molecule has 0 atom stereocenters. The van der Waals surface area contributed by atoms with Gasteiger partial charge in [0.25, 0.3) is 0 Å². The average Bonchev–Trinajstić information content (AvgIpc) is 3.19. The van der Waals surface area contributed by atoms with Crippen LogP contribution in [-0.2, 0) is 11.8 Å². The van der Waals surface area contributed by atoms with Crippen molar-refractivity contribution >= 4 is 11.6 Å². The smallest absolute Gasteiger partial charge is 0.407 e. The lowest BCUT2D eigenvalue weighted by atomic mass is 9.89. The van der Waals surface area contributed by atoms with E-state index in [4.69, 9.17) is 9.47 Å². The van der Waals surface area contributed by atoms with E-state index in [9.17, 15) is 4.79 Å². The number of alkyl carbamates (subject to hydrolysis) is 1. The molecule has 148 valence electrons. The Morgan fingerprint density at radius 1 is 1.25 bits per heavy atom. The number of carbonyl (C=O) groups excluding carboxylic acids is 1. The van der Waals surface area contributed by atoms with Crippen LogP contribution in [0.2, 0.25) is 0 Å². The third kappa shape index (κ3) is 3.92. The molecule has 0 unspecified atom stereocenters. The fourth-order valence-electron chi connectivity index (χ4n) is 3.09. The Morgan fingerprint density at radius 2 is 2.04 bits per heavy atom. The van der Waals surface area contributed by atoms with Gasteiger partial charge in [-0.25, -0.2) is 14.3 Å². The zero-order valence-electron chi connectivity index (χ0n) is 16.4. The lowest BCUT2D eigenvalue weighted by Crippen LogP contribution is -2.50. The first-order valence-corrected chi connectivity index (χ1v) is 9.26. The minimum atomic E-state index is -0.506. The van der Waals surface area contributed by atoms with Gasteiger partial charge < -0.3 is 14.8 Å². The maximum Gasteiger partial charge on any atom is 0.407 e. The molecule has 0 aliphatic heterocycles. The highest BCUT2D eigenvalue weighted by molar-refractivity contribution is 5.68. The zero-order valence-corrected chi connectivity index (χ0v) is 16.4. The van der Waals surface area contributed by atoms with Gasteiger partial charge in [0.1, 0.15) is 17.2 Å². The highest BCUT2D eigenvalue weighted by atomic mass is 16.6. The molecular weight excluding hydrogens is 360 g/mol. The first-order chi connectivity index (χ1) is 13.3. The van der Waals surface area contributed by atoms with E-state index in [0.29, 0.717) is 18.7 Å². The van der Waals surface area contributed by atoms with Crippen molar-refractivity contribution in [3.05, 3.63) is 30.9 Å². The van der Waals surface area contributed by atoms with Crippen molar-refractivity contribution in [2.75, 3.05) is 0 Å². The van der Waals surface area contributed by atoms with Crippen molar-refractivity contribution in [2.24, 2.45) is 7.05 Å². The molecule has 1 N–H and O–H groups in total. The highest BCUT2D eigenvalue weighted by Crippen LogP contribution is 2.29. The van der Waals surface area contributed by atoms with E-state index in [1.165, 1.54) is 0 Å². The minimum absolute atomic E-state index is 0.0183. The number of hydrogen-bond acceptors (Lipinski definition) is 6. The standard InChI is InChI=1S/C19H24N6O3/c1-19(2,3)28-18(26)22-13-7-14(8-13)27-17-16-5-6-20-25(16)11-15(23-17)12-9-21-24(4)10-12/h5-6,9-11,13-14H,7-8H2,1-4H3,(H,22,26)/t13-,14-. The second kappa shape index (κ2) is 6.81. The summed E-state index contributed by atoms with van der Waals surface area (Å²) in [5.74, 6) is 0.527. The molecule has 0 radical (unpaired) electrons. The van der Waals surface area contributed by atoms with E-state index in [0.717, 1.165) is 16.8 Å². The van der Waals surface area contributed by atoms with Crippen molar-refractivity contribution in [3.63, 3.8) is 0 Å². The van der Waals surface area contributed by atoms with Crippen LogP contribution in [0.15, 0.2) is 30.9 Å². The van der Waals surface area contributed by atoms with Crippen LogP contribution in [-0.4, -0.2) is 48.2 Å². The average molecular weight is 384 g/mol. The van der Waals surface area contributed by atoms with Gasteiger partial charge in [-0.15, -0.1) is 0 Å². The number of carbonyl (C=O) groups is 1. The Morgan fingerprint density at radius 3 is 2.71 bits per heavy atom. The topological polar surface area (TPSA) is 95.6 Å². The molecule has 1 aliphatic carbocycles. The molecule has 0 spiro atoms. The van der Waals surface area contributed by atoms with Crippen molar-refractivity contribution < 1.29 is 14.3 Å². The molecule has 4 rings (SSSR count). The van der Waals surface area contributed by atoms with Gasteiger partial charge in [0.05, 0.1) is 24.3 Å². The van der Waals surface area contributed by atoms with Crippen molar-refractivity contribution in [1.82, 2.24) is 29.7 Å². The van der Waals surface area contributed by atoms with E-state index >= 15 is 0 Å². The summed E-state index contributed by atoms with van der Waals surface area (Å²) in [5, 5.41) is 11.4. The number of hydrogen-bond donors (Lipinski definition) is 1. The Hall–Kier alpha value is -3.10. The molecule has 28 heavy (non-hydrogen) atoms. The molecule has 0 saturated heterocycles. The number of amides is 1. The molecule has 9 heteroatoms. The van der Waals surface area contributed by atoms with Gasteiger partial charge in [-0.05, 0) is 26.8 Å². The molecule has 1 fully saturated rings. The van der Waals surface area contributed by atoms with Gasteiger partial charge in [-0.1, -0.05) is 0 Å². The Balaban J connectivity index is 1.43. The van der Waals surface area contributed by atoms with Crippen LogP contribution >= 0.6 is 0 Å². The summed E-state index contributed by atoms with van der Waals surface area (Å²) in [6.45, 7) is 5.53. The number of aryl methyl sites for hydroxylation is 1. The van der Waals surface area contributed by atoms with Gasteiger partial charge in [-0.3, -0.25) is 4.68 Å². The lowest BCUT2D eigenvalue weighted by molar-refractivity contribution is 0.0357. The predicted octanol–water partition coefficient (Wildman–Crippen LogP) is 2.56. The maximum atomic E-state index is 11.9. The van der Waals surface area contributed by atoms with Crippen LogP contribution in [0.4, 0.5) is 4.79 Å². The summed E-state index contributed by atoms with van der Waals surface area (Å²) in [5.41, 5.74) is 1.93. The Labute approximate surface area is 162 Å². The van der Waals surface area contributed by atoms with Gasteiger partial charge in [0, 0.05) is 37.7 Å². The summed E-state index contributed by atoms with van der Waals surface area (Å²) in [6, 6.07) is 1.91. The van der Waals surface area contributed by atoms with E-state index < -0.39 is 11.7 Å². The van der Waals surface area contributed by atoms with Crippen LogP contribution in [0.3, 0.4) is 0 Å². The SMILES string of the molecule is Cn1cc(-c2cn3nccc3c(O[C@H]3C[C@H](NC(=O)OC(C)(C)C)C3)n2)cn1. The number of ether oxygens (including phenoxy) is 2. The Kier molecular flexibility index (Phi) is 4.44. The number of aromatic nitrogens is 5. The summed E-state index contributed by atoms with van der Waals surface area (Å²) >= 11 is 0. The zero-order chi connectivity index (χ0) is 19.9. The molecule has 0 aromatic carbocycles. The Bertz CT molecular complexity index is 997. The fourth-order valence-corrected chi connectivity index (χ4v) is 3.09. The lowest BCUT2D eigenvalue weighted by Gasteiger charge is -2.35. The molecule has 3 aromatic heterocycles. The first-order valence-electron chi connectivity index (χ1n) is 9.26. The number of rotatable bonds is 4. The van der Waals surface area contributed by atoms with Gasteiger partial charge in [0.15, 0.2) is 0 Å². The van der Waals surface area contributed by atoms with E-state index in [-0.39, 0.29) is 12.1 Å². The molecule has 0 bridgehead atoms. The van der Waals surface area contributed by atoms with Crippen LogP contribution in [0, 0.1) is 0 Å².